The van der Waals surface area contributed by atoms with Gasteiger partial charge in [-0.2, -0.15) is 0 Å². The van der Waals surface area contributed by atoms with Crippen molar-refractivity contribution >= 4 is 32.7 Å². The first-order valence-electron chi connectivity index (χ1n) is 13.0. The number of aromatic nitrogens is 2. The van der Waals surface area contributed by atoms with E-state index >= 15 is 0 Å². The molecule has 1 aliphatic carbocycles. The van der Waals surface area contributed by atoms with E-state index in [4.69, 9.17) is 4.98 Å². The predicted octanol–water partition coefficient (Wildman–Crippen LogP) is 3.36. The molecule has 7 nitrogen and oxygen atoms in total. The predicted molar refractivity (Wildman–Crippen MR) is 135 cm³/mol. The van der Waals surface area contributed by atoms with Gasteiger partial charge in [0.25, 0.3) is 0 Å². The second kappa shape index (κ2) is 11.1. The van der Waals surface area contributed by atoms with Crippen LogP contribution in [0.15, 0.2) is 18.3 Å². The van der Waals surface area contributed by atoms with Gasteiger partial charge >= 0.3 is 0 Å². The number of pyridine rings is 1. The lowest BCUT2D eigenvalue weighted by atomic mass is 9.94. The number of hydrogen-bond acceptors (Lipinski definition) is 7. The third kappa shape index (κ3) is 5.84. The SMILES string of the molecule is O=C(NCCCN1CCN(C2CCCCC2)CC1)C1CCN(c2nc3cccnc3s2)CC1. The van der Waals surface area contributed by atoms with Crippen molar-refractivity contribution in [3.05, 3.63) is 18.3 Å². The quantitative estimate of drug-likeness (QED) is 0.626. The Hall–Kier alpha value is -1.77. The average Bonchev–Trinajstić information content (AvgIpc) is 3.32. The molecule has 1 saturated carbocycles. The van der Waals surface area contributed by atoms with Crippen LogP contribution in [0.3, 0.4) is 0 Å². The van der Waals surface area contributed by atoms with Crippen molar-refractivity contribution in [2.75, 3.05) is 57.3 Å². The highest BCUT2D eigenvalue weighted by Crippen LogP contribution is 2.30. The highest BCUT2D eigenvalue weighted by atomic mass is 32.1. The molecule has 0 bridgehead atoms. The van der Waals surface area contributed by atoms with Crippen LogP contribution < -0.4 is 10.2 Å². The molecule has 2 aromatic heterocycles. The van der Waals surface area contributed by atoms with Crippen LogP contribution >= 0.6 is 11.3 Å². The molecule has 0 radical (unpaired) electrons. The average molecular weight is 471 g/mol. The van der Waals surface area contributed by atoms with Crippen molar-refractivity contribution in [3.8, 4) is 0 Å². The molecule has 3 aliphatic rings. The normalized spacial score (nSPS) is 22.1. The number of fused-ring (bicyclic) bond motifs is 1. The van der Waals surface area contributed by atoms with Gasteiger partial charge in [-0.25, -0.2) is 9.97 Å². The Morgan fingerprint density at radius 1 is 1.03 bits per heavy atom. The van der Waals surface area contributed by atoms with Gasteiger partial charge in [-0.15, -0.1) is 0 Å². The van der Waals surface area contributed by atoms with Gasteiger partial charge in [0.05, 0.1) is 0 Å². The largest absolute Gasteiger partial charge is 0.356 e. The fourth-order valence-electron chi connectivity index (χ4n) is 5.68. The lowest BCUT2D eigenvalue weighted by Gasteiger charge is -2.40. The van der Waals surface area contributed by atoms with Crippen molar-refractivity contribution in [2.45, 2.75) is 57.4 Å². The summed E-state index contributed by atoms with van der Waals surface area (Å²) in [5.41, 5.74) is 0.966. The Kier molecular flexibility index (Phi) is 7.74. The summed E-state index contributed by atoms with van der Waals surface area (Å²) in [7, 11) is 0. The molecule has 33 heavy (non-hydrogen) atoms. The number of hydrogen-bond donors (Lipinski definition) is 1. The first kappa shape index (κ1) is 23.0. The van der Waals surface area contributed by atoms with E-state index in [-0.39, 0.29) is 11.8 Å². The number of piperazine rings is 1. The third-order valence-corrected chi connectivity index (χ3v) is 8.78. The lowest BCUT2D eigenvalue weighted by Crippen LogP contribution is -2.51. The van der Waals surface area contributed by atoms with Crippen molar-refractivity contribution in [1.82, 2.24) is 25.1 Å². The number of carbonyl (C=O) groups is 1. The zero-order valence-electron chi connectivity index (χ0n) is 19.8. The fraction of sp³-hybridized carbons (Fsp3) is 0.720. The third-order valence-electron chi connectivity index (χ3n) is 7.74. The minimum atomic E-state index is 0.132. The van der Waals surface area contributed by atoms with Gasteiger partial charge in [0.15, 0.2) is 5.13 Å². The number of rotatable bonds is 7. The molecule has 3 fully saturated rings. The van der Waals surface area contributed by atoms with E-state index in [0.29, 0.717) is 0 Å². The Morgan fingerprint density at radius 2 is 1.82 bits per heavy atom. The summed E-state index contributed by atoms with van der Waals surface area (Å²) in [6, 6.07) is 4.79. The molecule has 5 rings (SSSR count). The van der Waals surface area contributed by atoms with Crippen molar-refractivity contribution in [3.63, 3.8) is 0 Å². The van der Waals surface area contributed by atoms with Crippen LogP contribution in [0.1, 0.15) is 51.4 Å². The molecular weight excluding hydrogens is 432 g/mol. The Bertz CT molecular complexity index is 864. The molecule has 2 saturated heterocycles. The molecule has 4 heterocycles. The minimum Gasteiger partial charge on any atom is -0.356 e. The Balaban J connectivity index is 0.969. The van der Waals surface area contributed by atoms with Crippen LogP contribution in [0, 0.1) is 5.92 Å². The fourth-order valence-corrected chi connectivity index (χ4v) is 6.64. The molecule has 0 spiro atoms. The van der Waals surface area contributed by atoms with Crippen molar-refractivity contribution < 1.29 is 4.79 Å². The van der Waals surface area contributed by atoms with Gasteiger partial charge in [0.1, 0.15) is 10.3 Å². The number of amides is 1. The standard InChI is InChI=1S/C25H38N6OS/c32-23(20-9-14-31(15-10-20)25-28-22-8-4-11-27-24(22)33-25)26-12-5-13-29-16-18-30(19-17-29)21-6-2-1-3-7-21/h4,8,11,20-21H,1-3,5-7,9-10,12-19H2,(H,26,32). The Morgan fingerprint density at radius 3 is 2.58 bits per heavy atom. The number of carbonyl (C=O) groups excluding carboxylic acids is 1. The molecule has 0 aromatic carbocycles. The second-order valence-electron chi connectivity index (χ2n) is 9.90. The second-order valence-corrected chi connectivity index (χ2v) is 10.9. The van der Waals surface area contributed by atoms with E-state index in [2.05, 4.69) is 25.0 Å². The van der Waals surface area contributed by atoms with Gasteiger partial charge in [-0.3, -0.25) is 9.69 Å². The van der Waals surface area contributed by atoms with Crippen LogP contribution in [0.4, 0.5) is 5.13 Å². The zero-order chi connectivity index (χ0) is 22.5. The molecular formula is C25H38N6OS. The maximum Gasteiger partial charge on any atom is 0.223 e. The lowest BCUT2D eigenvalue weighted by molar-refractivity contribution is -0.125. The summed E-state index contributed by atoms with van der Waals surface area (Å²) in [5.74, 6) is 0.371. The van der Waals surface area contributed by atoms with Gasteiger partial charge < -0.3 is 15.1 Å². The van der Waals surface area contributed by atoms with E-state index in [9.17, 15) is 4.79 Å². The first-order chi connectivity index (χ1) is 16.3. The van der Waals surface area contributed by atoms with E-state index < -0.39 is 0 Å². The molecule has 0 unspecified atom stereocenters. The smallest absolute Gasteiger partial charge is 0.223 e. The molecule has 180 valence electrons. The summed E-state index contributed by atoms with van der Waals surface area (Å²) >= 11 is 1.65. The number of thiazole rings is 1. The van der Waals surface area contributed by atoms with Crippen LogP contribution in [0.25, 0.3) is 10.3 Å². The van der Waals surface area contributed by atoms with Gasteiger partial charge in [0, 0.05) is 64.0 Å². The number of anilines is 1. The summed E-state index contributed by atoms with van der Waals surface area (Å²) in [5, 5.41) is 4.24. The number of piperidine rings is 1. The molecule has 2 aromatic rings. The van der Waals surface area contributed by atoms with Gasteiger partial charge in [0.2, 0.25) is 5.91 Å². The van der Waals surface area contributed by atoms with Crippen LogP contribution in [0.2, 0.25) is 0 Å². The first-order valence-corrected chi connectivity index (χ1v) is 13.8. The van der Waals surface area contributed by atoms with Gasteiger partial charge in [-0.1, -0.05) is 30.6 Å². The molecule has 1 amide bonds. The summed E-state index contributed by atoms with van der Waals surface area (Å²) < 4.78 is 0. The van der Waals surface area contributed by atoms with Crippen LogP contribution in [-0.2, 0) is 4.79 Å². The van der Waals surface area contributed by atoms with E-state index in [1.807, 2.05) is 18.3 Å². The summed E-state index contributed by atoms with van der Waals surface area (Å²) in [4.78, 5) is 30.4. The van der Waals surface area contributed by atoms with E-state index in [1.165, 1.54) is 58.3 Å². The number of nitrogens with zero attached hydrogens (tertiary/aromatic N) is 5. The maximum absolute atomic E-state index is 12.7. The maximum atomic E-state index is 12.7. The molecule has 0 atom stereocenters. The monoisotopic (exact) mass is 470 g/mol. The van der Waals surface area contributed by atoms with E-state index in [0.717, 1.165) is 67.0 Å². The van der Waals surface area contributed by atoms with Crippen LogP contribution in [-0.4, -0.2) is 84.1 Å². The van der Waals surface area contributed by atoms with Crippen molar-refractivity contribution in [2.24, 2.45) is 5.92 Å². The summed E-state index contributed by atoms with van der Waals surface area (Å²) in [6.45, 7) is 8.50. The zero-order valence-corrected chi connectivity index (χ0v) is 20.6. The highest BCUT2D eigenvalue weighted by molar-refractivity contribution is 7.21. The van der Waals surface area contributed by atoms with Crippen molar-refractivity contribution in [1.29, 1.82) is 0 Å². The molecule has 2 aliphatic heterocycles. The van der Waals surface area contributed by atoms with E-state index in [1.54, 1.807) is 11.3 Å². The van der Waals surface area contributed by atoms with Crippen LogP contribution in [0.5, 0.6) is 0 Å². The Labute approximate surface area is 201 Å². The molecule has 1 N–H and O–H groups in total. The van der Waals surface area contributed by atoms with Gasteiger partial charge in [-0.05, 0) is 50.8 Å². The summed E-state index contributed by atoms with van der Waals surface area (Å²) in [6.07, 6.45) is 11.8. The topological polar surface area (TPSA) is 64.6 Å². The highest BCUT2D eigenvalue weighted by Gasteiger charge is 2.27. The molecule has 8 heteroatoms. The minimum absolute atomic E-state index is 0.132. The number of nitrogens with one attached hydrogen (secondary N) is 1.